The second kappa shape index (κ2) is 7.66. The first-order chi connectivity index (χ1) is 11.7. The van der Waals surface area contributed by atoms with Crippen LogP contribution in [0, 0.1) is 5.92 Å². The average molecular weight is 346 g/mol. The van der Waals surface area contributed by atoms with Crippen molar-refractivity contribution in [1.29, 1.82) is 0 Å². The van der Waals surface area contributed by atoms with E-state index in [0.29, 0.717) is 18.1 Å². The van der Waals surface area contributed by atoms with Crippen LogP contribution in [-0.4, -0.2) is 19.6 Å². The van der Waals surface area contributed by atoms with E-state index in [9.17, 15) is 4.79 Å². The van der Waals surface area contributed by atoms with Crippen LogP contribution in [0.5, 0.6) is 5.75 Å². The fraction of sp³-hybridized carbons (Fsp3) is 0.278. The second-order valence-electron chi connectivity index (χ2n) is 5.73. The normalized spacial score (nSPS) is 19.9. The van der Waals surface area contributed by atoms with E-state index in [2.05, 4.69) is 16.2 Å². The van der Waals surface area contributed by atoms with Crippen LogP contribution in [-0.2, 0) is 11.3 Å². The Bertz CT molecular complexity index is 688. The molecule has 0 bridgehead atoms. The molecule has 3 N–H and O–H groups in total. The molecule has 2 aromatic rings. The molecule has 0 spiro atoms. The largest absolute Gasteiger partial charge is 0.497 e. The minimum absolute atomic E-state index is 0.0169. The Morgan fingerprint density at radius 3 is 2.58 bits per heavy atom. The van der Waals surface area contributed by atoms with Crippen molar-refractivity contribution in [3.05, 3.63) is 64.7 Å². The number of carbonyl (C=O) groups is 1. The monoisotopic (exact) mass is 345 g/mol. The van der Waals surface area contributed by atoms with Crippen molar-refractivity contribution < 1.29 is 9.53 Å². The van der Waals surface area contributed by atoms with Crippen molar-refractivity contribution >= 4 is 17.5 Å². The van der Waals surface area contributed by atoms with Gasteiger partial charge in [0, 0.05) is 18.1 Å². The maximum absolute atomic E-state index is 12.6. The summed E-state index contributed by atoms with van der Waals surface area (Å²) in [5.41, 5.74) is 8.31. The van der Waals surface area contributed by atoms with Gasteiger partial charge in [0.1, 0.15) is 5.75 Å². The van der Waals surface area contributed by atoms with E-state index in [4.69, 9.17) is 16.3 Å². The molecule has 24 heavy (non-hydrogen) atoms. The third-order valence-corrected chi connectivity index (χ3v) is 4.43. The van der Waals surface area contributed by atoms with Crippen LogP contribution in [0.2, 0.25) is 5.02 Å². The summed E-state index contributed by atoms with van der Waals surface area (Å²) in [4.78, 5) is 12.6. The molecule has 0 radical (unpaired) electrons. The zero-order valence-corrected chi connectivity index (χ0v) is 14.1. The number of halogens is 1. The molecular formula is C18H20ClN3O2. The maximum Gasteiger partial charge on any atom is 0.226 e. The predicted octanol–water partition coefficient (Wildman–Crippen LogP) is 2.43. The molecule has 0 aliphatic carbocycles. The molecule has 5 nitrogen and oxygen atoms in total. The van der Waals surface area contributed by atoms with Gasteiger partial charge in [0.05, 0.1) is 19.1 Å². The average Bonchev–Trinajstić information content (AvgIpc) is 3.10. The Morgan fingerprint density at radius 1 is 1.21 bits per heavy atom. The first kappa shape index (κ1) is 16.8. The van der Waals surface area contributed by atoms with Crippen molar-refractivity contribution in [2.75, 3.05) is 13.7 Å². The molecule has 0 aromatic heterocycles. The van der Waals surface area contributed by atoms with E-state index in [1.165, 1.54) is 0 Å². The number of benzene rings is 2. The van der Waals surface area contributed by atoms with Gasteiger partial charge in [-0.05, 0) is 35.4 Å². The highest BCUT2D eigenvalue weighted by Gasteiger charge is 2.33. The van der Waals surface area contributed by atoms with Crippen LogP contribution >= 0.6 is 11.6 Å². The van der Waals surface area contributed by atoms with Gasteiger partial charge in [0.2, 0.25) is 5.91 Å². The zero-order chi connectivity index (χ0) is 16.9. The highest BCUT2D eigenvalue weighted by Crippen LogP contribution is 2.26. The molecule has 2 aromatic carbocycles. The van der Waals surface area contributed by atoms with Gasteiger partial charge in [-0.15, -0.1) is 0 Å². The number of hydrogen-bond acceptors (Lipinski definition) is 4. The first-order valence-electron chi connectivity index (χ1n) is 7.82. The molecule has 1 aliphatic rings. The lowest BCUT2D eigenvalue weighted by molar-refractivity contribution is -0.125. The number of ether oxygens (including phenoxy) is 1. The molecule has 1 saturated heterocycles. The summed E-state index contributed by atoms with van der Waals surface area (Å²) >= 11 is 5.93. The fourth-order valence-electron chi connectivity index (χ4n) is 2.79. The number of amides is 1. The maximum atomic E-state index is 12.6. The molecule has 1 aliphatic heterocycles. The van der Waals surface area contributed by atoms with E-state index in [1.807, 2.05) is 48.5 Å². The van der Waals surface area contributed by atoms with E-state index in [0.717, 1.165) is 16.9 Å². The quantitative estimate of drug-likeness (QED) is 0.779. The van der Waals surface area contributed by atoms with Gasteiger partial charge in [0.25, 0.3) is 0 Å². The summed E-state index contributed by atoms with van der Waals surface area (Å²) in [5.74, 6) is 0.643. The van der Waals surface area contributed by atoms with E-state index in [-0.39, 0.29) is 17.9 Å². The molecule has 1 amide bonds. The Balaban J connectivity index is 1.61. The fourth-order valence-corrected chi connectivity index (χ4v) is 2.92. The van der Waals surface area contributed by atoms with Gasteiger partial charge in [0.15, 0.2) is 0 Å². The van der Waals surface area contributed by atoms with Crippen molar-refractivity contribution in [2.24, 2.45) is 5.92 Å². The van der Waals surface area contributed by atoms with Gasteiger partial charge in [-0.2, -0.15) is 0 Å². The summed E-state index contributed by atoms with van der Waals surface area (Å²) in [5, 5.41) is 3.69. The molecular weight excluding hydrogens is 326 g/mol. The Kier molecular flexibility index (Phi) is 5.35. The molecule has 6 heteroatoms. The third-order valence-electron chi connectivity index (χ3n) is 4.17. The van der Waals surface area contributed by atoms with Crippen LogP contribution in [0.4, 0.5) is 0 Å². The second-order valence-corrected chi connectivity index (χ2v) is 6.16. The van der Waals surface area contributed by atoms with Gasteiger partial charge in [-0.25, -0.2) is 5.43 Å². The lowest BCUT2D eigenvalue weighted by Gasteiger charge is -2.18. The Hall–Kier alpha value is -2.08. The number of rotatable bonds is 5. The van der Waals surface area contributed by atoms with Crippen molar-refractivity contribution in [3.63, 3.8) is 0 Å². The van der Waals surface area contributed by atoms with Crippen LogP contribution in [0.15, 0.2) is 48.5 Å². The highest BCUT2D eigenvalue weighted by atomic mass is 35.5. The standard InChI is InChI=1S/C18H20ClN3O2/c1-24-15-8-2-12(3-9-15)10-20-18(23)16-11-21-22-17(16)13-4-6-14(19)7-5-13/h2-9,16-17,21-22H,10-11H2,1H3,(H,20,23). The zero-order valence-electron chi connectivity index (χ0n) is 13.4. The lowest BCUT2D eigenvalue weighted by atomic mass is 9.94. The van der Waals surface area contributed by atoms with Crippen molar-refractivity contribution in [1.82, 2.24) is 16.2 Å². The smallest absolute Gasteiger partial charge is 0.226 e. The number of carbonyl (C=O) groups excluding carboxylic acids is 1. The van der Waals surface area contributed by atoms with Gasteiger partial charge >= 0.3 is 0 Å². The van der Waals surface area contributed by atoms with Crippen LogP contribution in [0.1, 0.15) is 17.2 Å². The predicted molar refractivity (Wildman–Crippen MR) is 93.7 cm³/mol. The van der Waals surface area contributed by atoms with E-state index in [1.54, 1.807) is 7.11 Å². The van der Waals surface area contributed by atoms with Gasteiger partial charge in [-0.3, -0.25) is 10.2 Å². The molecule has 2 atom stereocenters. The highest BCUT2D eigenvalue weighted by molar-refractivity contribution is 6.30. The van der Waals surface area contributed by atoms with Crippen molar-refractivity contribution in [2.45, 2.75) is 12.6 Å². The molecule has 126 valence electrons. The van der Waals surface area contributed by atoms with Crippen LogP contribution < -0.4 is 20.9 Å². The third kappa shape index (κ3) is 3.87. The number of hydrazine groups is 1. The van der Waals surface area contributed by atoms with E-state index >= 15 is 0 Å². The molecule has 1 fully saturated rings. The summed E-state index contributed by atoms with van der Waals surface area (Å²) in [6.45, 7) is 1.08. The molecule has 3 rings (SSSR count). The summed E-state index contributed by atoms with van der Waals surface area (Å²) < 4.78 is 5.13. The minimum Gasteiger partial charge on any atom is -0.497 e. The Morgan fingerprint density at radius 2 is 1.92 bits per heavy atom. The molecule has 2 unspecified atom stereocenters. The summed E-state index contributed by atoms with van der Waals surface area (Å²) in [6, 6.07) is 15.1. The molecule has 1 heterocycles. The topological polar surface area (TPSA) is 62.4 Å². The SMILES string of the molecule is COc1ccc(CNC(=O)C2CNNC2c2ccc(Cl)cc2)cc1. The van der Waals surface area contributed by atoms with Crippen LogP contribution in [0.3, 0.4) is 0 Å². The number of hydrogen-bond donors (Lipinski definition) is 3. The van der Waals surface area contributed by atoms with Crippen LogP contribution in [0.25, 0.3) is 0 Å². The first-order valence-corrected chi connectivity index (χ1v) is 8.19. The van der Waals surface area contributed by atoms with E-state index < -0.39 is 0 Å². The number of methoxy groups -OCH3 is 1. The minimum atomic E-state index is -0.176. The number of nitrogens with one attached hydrogen (secondary N) is 3. The van der Waals surface area contributed by atoms with Gasteiger partial charge in [-0.1, -0.05) is 35.9 Å². The lowest BCUT2D eigenvalue weighted by Crippen LogP contribution is -2.34. The van der Waals surface area contributed by atoms with Gasteiger partial charge < -0.3 is 10.1 Å². The summed E-state index contributed by atoms with van der Waals surface area (Å²) in [7, 11) is 1.63. The summed E-state index contributed by atoms with van der Waals surface area (Å²) in [6.07, 6.45) is 0. The molecule has 0 saturated carbocycles. The Labute approximate surface area is 146 Å². The van der Waals surface area contributed by atoms with Crippen molar-refractivity contribution in [3.8, 4) is 5.75 Å².